The van der Waals surface area contributed by atoms with Crippen molar-refractivity contribution < 1.29 is 23.9 Å². The van der Waals surface area contributed by atoms with Gasteiger partial charge in [-0.05, 0) is 42.7 Å². The Bertz CT molecular complexity index is 1060. The van der Waals surface area contributed by atoms with E-state index in [2.05, 4.69) is 17.6 Å². The fourth-order valence-electron chi connectivity index (χ4n) is 4.08. The molecule has 1 unspecified atom stereocenters. The van der Waals surface area contributed by atoms with E-state index in [1.807, 2.05) is 24.3 Å². The van der Waals surface area contributed by atoms with Gasteiger partial charge in [-0.3, -0.25) is 24.5 Å². The molecule has 0 bridgehead atoms. The number of piperidine rings is 1. The number of benzene rings is 2. The third-order valence-electron chi connectivity index (χ3n) is 5.69. The van der Waals surface area contributed by atoms with Crippen LogP contribution in [0.4, 0.5) is 5.69 Å². The zero-order chi connectivity index (χ0) is 22.7. The van der Waals surface area contributed by atoms with E-state index in [0.717, 1.165) is 12.8 Å². The van der Waals surface area contributed by atoms with Crippen molar-refractivity contribution >= 4 is 29.3 Å². The molecule has 32 heavy (non-hydrogen) atoms. The number of amides is 4. The number of rotatable bonds is 7. The number of fused-ring (bicyclic) bond motifs is 1. The van der Waals surface area contributed by atoms with Crippen LogP contribution < -0.4 is 15.4 Å². The van der Waals surface area contributed by atoms with Gasteiger partial charge in [0.2, 0.25) is 11.8 Å². The van der Waals surface area contributed by atoms with Crippen molar-refractivity contribution in [1.29, 1.82) is 0 Å². The molecule has 8 heteroatoms. The van der Waals surface area contributed by atoms with Gasteiger partial charge >= 0.3 is 0 Å². The molecule has 0 spiro atoms. The molecule has 8 nitrogen and oxygen atoms in total. The molecule has 1 fully saturated rings. The molecule has 166 valence electrons. The van der Waals surface area contributed by atoms with Crippen molar-refractivity contribution in [3.8, 4) is 5.75 Å². The lowest BCUT2D eigenvalue weighted by atomic mass is 10.0. The topological polar surface area (TPSA) is 105 Å². The minimum Gasteiger partial charge on any atom is -0.484 e. The lowest BCUT2D eigenvalue weighted by Gasteiger charge is -2.29. The maximum Gasteiger partial charge on any atom is 0.262 e. The molecule has 2 N–H and O–H groups in total. The van der Waals surface area contributed by atoms with Crippen molar-refractivity contribution in [1.82, 2.24) is 10.2 Å². The number of carbonyl (C=O) groups is 4. The monoisotopic (exact) mass is 435 g/mol. The number of nitrogens with one attached hydrogen (secondary N) is 2. The van der Waals surface area contributed by atoms with Crippen molar-refractivity contribution in [3.63, 3.8) is 0 Å². The smallest absolute Gasteiger partial charge is 0.262 e. The first-order chi connectivity index (χ1) is 15.5. The summed E-state index contributed by atoms with van der Waals surface area (Å²) in [5.41, 5.74) is 2.83. The average Bonchev–Trinajstić information content (AvgIpc) is 3.11. The van der Waals surface area contributed by atoms with E-state index in [4.69, 9.17) is 4.74 Å². The molecule has 1 atom stereocenters. The fraction of sp³-hybridized carbons (Fsp3) is 0.333. The lowest BCUT2D eigenvalue weighted by molar-refractivity contribution is -0.137. The SMILES string of the molecule is CCCc1ccc(OCC(=O)Nc2cccc3c2CN(C2CCC(=O)NC2=O)C3=O)cc1. The summed E-state index contributed by atoms with van der Waals surface area (Å²) >= 11 is 0. The summed E-state index contributed by atoms with van der Waals surface area (Å²) in [6.07, 6.45) is 2.54. The van der Waals surface area contributed by atoms with Gasteiger partial charge in [-0.2, -0.15) is 0 Å². The fourth-order valence-corrected chi connectivity index (χ4v) is 4.08. The van der Waals surface area contributed by atoms with E-state index in [1.54, 1.807) is 18.2 Å². The molecule has 1 saturated heterocycles. The predicted molar refractivity (Wildman–Crippen MR) is 117 cm³/mol. The number of anilines is 1. The van der Waals surface area contributed by atoms with Crippen molar-refractivity contribution in [2.24, 2.45) is 0 Å². The third-order valence-corrected chi connectivity index (χ3v) is 5.69. The molecular weight excluding hydrogens is 410 g/mol. The third kappa shape index (κ3) is 4.49. The Morgan fingerprint density at radius 2 is 1.94 bits per heavy atom. The van der Waals surface area contributed by atoms with Gasteiger partial charge in [0, 0.05) is 29.8 Å². The molecule has 4 amide bonds. The Kier molecular flexibility index (Phi) is 6.20. The predicted octanol–water partition coefficient (Wildman–Crippen LogP) is 2.42. The van der Waals surface area contributed by atoms with Gasteiger partial charge in [-0.25, -0.2) is 0 Å². The highest BCUT2D eigenvalue weighted by atomic mass is 16.5. The first-order valence-corrected chi connectivity index (χ1v) is 10.7. The highest BCUT2D eigenvalue weighted by Gasteiger charge is 2.39. The average molecular weight is 435 g/mol. The minimum atomic E-state index is -0.699. The van der Waals surface area contributed by atoms with Crippen LogP contribution in [0.3, 0.4) is 0 Å². The Morgan fingerprint density at radius 1 is 1.16 bits per heavy atom. The second-order valence-electron chi connectivity index (χ2n) is 7.96. The summed E-state index contributed by atoms with van der Waals surface area (Å²) in [7, 11) is 0. The molecule has 0 saturated carbocycles. The standard InChI is InChI=1S/C24H25N3O5/c1-2-4-15-7-9-16(10-8-15)32-14-22(29)25-19-6-3-5-17-18(19)13-27(24(17)31)20-11-12-21(28)26-23(20)30/h3,5-10,20H,2,4,11-14H2,1H3,(H,25,29)(H,26,28,30). The first kappa shape index (κ1) is 21.5. The number of hydrogen-bond acceptors (Lipinski definition) is 5. The van der Waals surface area contributed by atoms with Gasteiger partial charge in [0.05, 0.1) is 0 Å². The lowest BCUT2D eigenvalue weighted by Crippen LogP contribution is -2.52. The number of carbonyl (C=O) groups excluding carboxylic acids is 4. The number of ether oxygens (including phenoxy) is 1. The van der Waals surface area contributed by atoms with Crippen LogP contribution >= 0.6 is 0 Å². The molecule has 0 aromatic heterocycles. The molecule has 0 radical (unpaired) electrons. The second kappa shape index (κ2) is 9.21. The van der Waals surface area contributed by atoms with Crippen LogP contribution in [-0.4, -0.2) is 41.2 Å². The number of nitrogens with zero attached hydrogens (tertiary/aromatic N) is 1. The van der Waals surface area contributed by atoms with Crippen molar-refractivity contribution in [3.05, 3.63) is 59.2 Å². The molecule has 2 aliphatic rings. The van der Waals surface area contributed by atoms with Crippen LogP contribution in [0.1, 0.15) is 47.7 Å². The van der Waals surface area contributed by atoms with Crippen LogP contribution in [0.25, 0.3) is 0 Å². The van der Waals surface area contributed by atoms with Crippen LogP contribution in [0.2, 0.25) is 0 Å². The molecule has 0 aliphatic carbocycles. The van der Waals surface area contributed by atoms with E-state index in [-0.39, 0.29) is 43.7 Å². The Balaban J connectivity index is 1.40. The maximum atomic E-state index is 12.9. The van der Waals surface area contributed by atoms with E-state index in [0.29, 0.717) is 22.6 Å². The van der Waals surface area contributed by atoms with Gasteiger partial charge in [-0.15, -0.1) is 0 Å². The van der Waals surface area contributed by atoms with Crippen molar-refractivity contribution in [2.75, 3.05) is 11.9 Å². The molecule has 4 rings (SSSR count). The highest BCUT2D eigenvalue weighted by Crippen LogP contribution is 2.32. The van der Waals surface area contributed by atoms with Gasteiger partial charge in [0.1, 0.15) is 11.8 Å². The number of imide groups is 1. The van der Waals surface area contributed by atoms with E-state index < -0.39 is 11.9 Å². The second-order valence-corrected chi connectivity index (χ2v) is 7.96. The Hall–Kier alpha value is -3.68. The van der Waals surface area contributed by atoms with Crippen LogP contribution in [0, 0.1) is 0 Å². The minimum absolute atomic E-state index is 0.165. The summed E-state index contributed by atoms with van der Waals surface area (Å²) in [4.78, 5) is 50.4. The zero-order valence-corrected chi connectivity index (χ0v) is 17.8. The summed E-state index contributed by atoms with van der Waals surface area (Å²) < 4.78 is 5.58. The van der Waals surface area contributed by atoms with Crippen LogP contribution in [-0.2, 0) is 27.3 Å². The maximum absolute atomic E-state index is 12.9. The van der Waals surface area contributed by atoms with E-state index in [9.17, 15) is 19.2 Å². The van der Waals surface area contributed by atoms with E-state index >= 15 is 0 Å². The van der Waals surface area contributed by atoms with Gasteiger partial charge in [0.25, 0.3) is 11.8 Å². The largest absolute Gasteiger partial charge is 0.484 e. The Morgan fingerprint density at radius 3 is 2.66 bits per heavy atom. The quantitative estimate of drug-likeness (QED) is 0.650. The zero-order valence-electron chi connectivity index (χ0n) is 17.8. The summed E-state index contributed by atoms with van der Waals surface area (Å²) in [6.45, 7) is 2.14. The summed E-state index contributed by atoms with van der Waals surface area (Å²) in [5.74, 6) is -0.816. The van der Waals surface area contributed by atoms with Gasteiger partial charge in [0.15, 0.2) is 6.61 Å². The van der Waals surface area contributed by atoms with Crippen LogP contribution in [0.15, 0.2) is 42.5 Å². The van der Waals surface area contributed by atoms with Gasteiger partial charge < -0.3 is 15.0 Å². The molecular formula is C24H25N3O5. The van der Waals surface area contributed by atoms with Crippen molar-refractivity contribution in [2.45, 2.75) is 45.2 Å². The summed E-state index contributed by atoms with van der Waals surface area (Å²) in [5, 5.41) is 5.09. The highest BCUT2D eigenvalue weighted by molar-refractivity contribution is 6.06. The molecule has 2 heterocycles. The number of aryl methyl sites for hydroxylation is 1. The van der Waals surface area contributed by atoms with E-state index in [1.165, 1.54) is 10.5 Å². The van der Waals surface area contributed by atoms with Gasteiger partial charge in [-0.1, -0.05) is 31.5 Å². The molecule has 2 aliphatic heterocycles. The summed E-state index contributed by atoms with van der Waals surface area (Å²) in [6, 6.07) is 12.0. The normalized spacial score (nSPS) is 17.7. The Labute approximate surface area is 185 Å². The van der Waals surface area contributed by atoms with Crippen LogP contribution in [0.5, 0.6) is 5.75 Å². The molecule has 2 aromatic rings. The number of hydrogen-bond donors (Lipinski definition) is 2. The first-order valence-electron chi connectivity index (χ1n) is 10.7. The molecule has 2 aromatic carbocycles.